The van der Waals surface area contributed by atoms with Gasteiger partial charge in [0.15, 0.2) is 0 Å². The number of benzene rings is 1. The molecule has 2 aromatic rings. The number of rotatable bonds is 3. The fraction of sp³-hybridized carbons (Fsp3) is 0.231. The van der Waals surface area contributed by atoms with Gasteiger partial charge in [-0.2, -0.15) is 0 Å². The summed E-state index contributed by atoms with van der Waals surface area (Å²) in [6.45, 7) is 3.91. The van der Waals surface area contributed by atoms with Crippen molar-refractivity contribution in [1.82, 2.24) is 9.97 Å². The van der Waals surface area contributed by atoms with Crippen molar-refractivity contribution in [2.24, 2.45) is 0 Å². The molecule has 0 unspecified atom stereocenters. The van der Waals surface area contributed by atoms with Crippen LogP contribution in [0.2, 0.25) is 10.2 Å². The van der Waals surface area contributed by atoms with Gasteiger partial charge >= 0.3 is 0 Å². The molecule has 0 bridgehead atoms. The molecule has 3 nitrogen and oxygen atoms in total. The smallest absolute Gasteiger partial charge is 0.148 e. The maximum Gasteiger partial charge on any atom is 0.148 e. The van der Waals surface area contributed by atoms with E-state index in [9.17, 15) is 4.39 Å². The summed E-state index contributed by atoms with van der Waals surface area (Å²) < 4.78 is 13.7. The van der Waals surface area contributed by atoms with Crippen LogP contribution in [0.3, 0.4) is 0 Å². The first kappa shape index (κ1) is 14.0. The van der Waals surface area contributed by atoms with Gasteiger partial charge in [-0.1, -0.05) is 37.0 Å². The third-order valence-corrected chi connectivity index (χ3v) is 2.85. The molecular formula is C13H12Cl2FN3. The predicted octanol–water partition coefficient (Wildman–Crippen LogP) is 4.79. The van der Waals surface area contributed by atoms with Crippen LogP contribution in [0.25, 0.3) is 0 Å². The van der Waals surface area contributed by atoms with Crippen LogP contribution in [0.4, 0.5) is 15.9 Å². The Balaban J connectivity index is 2.32. The fourth-order valence-corrected chi connectivity index (χ4v) is 1.83. The van der Waals surface area contributed by atoms with Crippen molar-refractivity contribution in [2.75, 3.05) is 5.32 Å². The molecule has 0 spiro atoms. The largest absolute Gasteiger partial charge is 0.338 e. The van der Waals surface area contributed by atoms with Crippen LogP contribution in [0.1, 0.15) is 25.6 Å². The average Bonchev–Trinajstić information content (AvgIpc) is 2.32. The lowest BCUT2D eigenvalue weighted by atomic mass is 10.2. The number of aromatic nitrogens is 2. The molecule has 0 amide bonds. The summed E-state index contributed by atoms with van der Waals surface area (Å²) in [6, 6.07) is 5.92. The third kappa shape index (κ3) is 3.55. The topological polar surface area (TPSA) is 37.8 Å². The van der Waals surface area contributed by atoms with Crippen LogP contribution in [-0.2, 0) is 0 Å². The van der Waals surface area contributed by atoms with Gasteiger partial charge in [0, 0.05) is 17.0 Å². The summed E-state index contributed by atoms with van der Waals surface area (Å²) >= 11 is 11.6. The predicted molar refractivity (Wildman–Crippen MR) is 75.8 cm³/mol. The van der Waals surface area contributed by atoms with Crippen LogP contribution in [0.15, 0.2) is 24.3 Å². The van der Waals surface area contributed by atoms with Gasteiger partial charge in [0.25, 0.3) is 0 Å². The van der Waals surface area contributed by atoms with Crippen molar-refractivity contribution in [2.45, 2.75) is 19.8 Å². The fourth-order valence-electron chi connectivity index (χ4n) is 1.49. The van der Waals surface area contributed by atoms with Gasteiger partial charge in [-0.15, -0.1) is 0 Å². The summed E-state index contributed by atoms with van der Waals surface area (Å²) in [7, 11) is 0. The molecule has 0 saturated carbocycles. The van der Waals surface area contributed by atoms with E-state index in [1.54, 1.807) is 18.2 Å². The highest BCUT2D eigenvalue weighted by Gasteiger charge is 2.09. The van der Waals surface area contributed by atoms with Gasteiger partial charge in [0.2, 0.25) is 0 Å². The van der Waals surface area contributed by atoms with E-state index in [1.165, 1.54) is 6.07 Å². The van der Waals surface area contributed by atoms with Crippen LogP contribution in [0.5, 0.6) is 0 Å². The molecule has 0 saturated heterocycles. The molecule has 0 fully saturated rings. The Kier molecular flexibility index (Phi) is 4.22. The lowest BCUT2D eigenvalue weighted by molar-refractivity contribution is 0.632. The Morgan fingerprint density at radius 2 is 1.89 bits per heavy atom. The second-order valence-corrected chi connectivity index (χ2v) is 5.16. The first-order valence-electron chi connectivity index (χ1n) is 5.72. The standard InChI is InChI=1S/C13H12Cl2FN3/c1-7(2)13-18-11(15)6-12(19-13)17-10-4-3-8(14)5-9(10)16/h3-7H,1-2H3,(H,17,18,19). The zero-order valence-corrected chi connectivity index (χ0v) is 11.9. The van der Waals surface area contributed by atoms with Gasteiger partial charge < -0.3 is 5.32 Å². The Hall–Kier alpha value is -1.39. The van der Waals surface area contributed by atoms with Gasteiger partial charge in [0.05, 0.1) is 5.69 Å². The molecule has 1 aromatic heterocycles. The molecule has 0 aliphatic rings. The van der Waals surface area contributed by atoms with E-state index >= 15 is 0 Å². The summed E-state index contributed by atoms with van der Waals surface area (Å²) in [5.74, 6) is 0.733. The molecular weight excluding hydrogens is 288 g/mol. The first-order valence-corrected chi connectivity index (χ1v) is 6.48. The maximum atomic E-state index is 13.7. The summed E-state index contributed by atoms with van der Waals surface area (Å²) in [5.41, 5.74) is 0.286. The molecule has 0 aliphatic heterocycles. The first-order chi connectivity index (χ1) is 8.95. The molecule has 6 heteroatoms. The Morgan fingerprint density at radius 1 is 1.16 bits per heavy atom. The quantitative estimate of drug-likeness (QED) is 0.828. The van der Waals surface area contributed by atoms with Gasteiger partial charge in [-0.05, 0) is 18.2 Å². The van der Waals surface area contributed by atoms with Crippen molar-refractivity contribution >= 4 is 34.7 Å². The number of halogens is 3. The number of hydrogen-bond donors (Lipinski definition) is 1. The summed E-state index contributed by atoms with van der Waals surface area (Å²) in [4.78, 5) is 8.40. The monoisotopic (exact) mass is 299 g/mol. The van der Waals surface area contributed by atoms with Crippen molar-refractivity contribution in [3.63, 3.8) is 0 Å². The highest BCUT2D eigenvalue weighted by molar-refractivity contribution is 6.30. The van der Waals surface area contributed by atoms with E-state index in [-0.39, 0.29) is 11.6 Å². The number of nitrogens with one attached hydrogen (secondary N) is 1. The van der Waals surface area contributed by atoms with E-state index < -0.39 is 5.82 Å². The van der Waals surface area contributed by atoms with E-state index in [0.29, 0.717) is 21.8 Å². The molecule has 0 radical (unpaired) electrons. The summed E-state index contributed by atoms with van der Waals surface area (Å²) in [5, 5.41) is 3.52. The second kappa shape index (κ2) is 5.72. The second-order valence-electron chi connectivity index (χ2n) is 4.34. The Labute approximate surface area is 120 Å². The van der Waals surface area contributed by atoms with E-state index in [2.05, 4.69) is 15.3 Å². The minimum atomic E-state index is -0.451. The van der Waals surface area contributed by atoms with Crippen molar-refractivity contribution in [1.29, 1.82) is 0 Å². The number of nitrogens with zero attached hydrogens (tertiary/aromatic N) is 2. The number of anilines is 2. The zero-order valence-electron chi connectivity index (χ0n) is 10.4. The minimum Gasteiger partial charge on any atom is -0.338 e. The van der Waals surface area contributed by atoms with E-state index in [0.717, 1.165) is 0 Å². The molecule has 100 valence electrons. The molecule has 0 aliphatic carbocycles. The van der Waals surface area contributed by atoms with Crippen LogP contribution in [0, 0.1) is 5.82 Å². The SMILES string of the molecule is CC(C)c1nc(Cl)cc(Nc2ccc(Cl)cc2F)n1. The zero-order chi connectivity index (χ0) is 14.0. The molecule has 0 atom stereocenters. The lowest BCUT2D eigenvalue weighted by Crippen LogP contribution is -2.03. The Morgan fingerprint density at radius 3 is 2.53 bits per heavy atom. The van der Waals surface area contributed by atoms with Crippen LogP contribution in [-0.4, -0.2) is 9.97 Å². The van der Waals surface area contributed by atoms with Gasteiger partial charge in [-0.25, -0.2) is 14.4 Å². The minimum absolute atomic E-state index is 0.134. The third-order valence-electron chi connectivity index (χ3n) is 2.42. The van der Waals surface area contributed by atoms with Gasteiger partial charge in [0.1, 0.15) is 22.6 Å². The molecule has 1 N–H and O–H groups in total. The normalized spacial score (nSPS) is 10.8. The van der Waals surface area contributed by atoms with Gasteiger partial charge in [-0.3, -0.25) is 0 Å². The van der Waals surface area contributed by atoms with E-state index in [4.69, 9.17) is 23.2 Å². The molecule has 19 heavy (non-hydrogen) atoms. The van der Waals surface area contributed by atoms with E-state index in [1.807, 2.05) is 13.8 Å². The molecule has 2 rings (SSSR count). The van der Waals surface area contributed by atoms with Crippen LogP contribution >= 0.6 is 23.2 Å². The molecule has 1 heterocycles. The highest BCUT2D eigenvalue weighted by atomic mass is 35.5. The maximum absolute atomic E-state index is 13.7. The van der Waals surface area contributed by atoms with Crippen molar-refractivity contribution in [3.05, 3.63) is 46.1 Å². The van der Waals surface area contributed by atoms with Crippen molar-refractivity contribution < 1.29 is 4.39 Å². The van der Waals surface area contributed by atoms with Crippen molar-refractivity contribution in [3.8, 4) is 0 Å². The molecule has 1 aromatic carbocycles. The van der Waals surface area contributed by atoms with Crippen LogP contribution < -0.4 is 5.32 Å². The highest BCUT2D eigenvalue weighted by Crippen LogP contribution is 2.24. The Bertz CT molecular complexity index is 602. The lowest BCUT2D eigenvalue weighted by Gasteiger charge is -2.10. The summed E-state index contributed by atoms with van der Waals surface area (Å²) in [6.07, 6.45) is 0. The average molecular weight is 300 g/mol. The number of hydrogen-bond acceptors (Lipinski definition) is 3.